The van der Waals surface area contributed by atoms with Crippen molar-refractivity contribution in [1.82, 2.24) is 0 Å². The Morgan fingerprint density at radius 2 is 1.61 bits per heavy atom. The van der Waals surface area contributed by atoms with Crippen molar-refractivity contribution < 1.29 is 18.4 Å². The normalized spacial score (nSPS) is 18.6. The summed E-state index contributed by atoms with van der Waals surface area (Å²) in [5.74, 6) is -1.09. The van der Waals surface area contributed by atoms with E-state index < -0.39 is 11.9 Å². The number of nitrogens with zero attached hydrogens (tertiary/aromatic N) is 1. The van der Waals surface area contributed by atoms with E-state index in [1.165, 1.54) is 36.4 Å². The summed E-state index contributed by atoms with van der Waals surface area (Å²) in [7, 11) is 0. The first kappa shape index (κ1) is 23.7. The van der Waals surface area contributed by atoms with Gasteiger partial charge in [-0.15, -0.1) is 0 Å². The van der Waals surface area contributed by atoms with Crippen LogP contribution in [0.15, 0.2) is 84.1 Å². The molecule has 0 fully saturated rings. The minimum atomic E-state index is -0.598. The highest BCUT2D eigenvalue weighted by Gasteiger charge is 2.41. The van der Waals surface area contributed by atoms with Gasteiger partial charge < -0.3 is 15.5 Å². The van der Waals surface area contributed by atoms with Crippen molar-refractivity contribution in [3.63, 3.8) is 0 Å². The van der Waals surface area contributed by atoms with Gasteiger partial charge in [-0.25, -0.2) is 8.78 Å². The molecular weight excluding hydrogens is 460 g/mol. The molecule has 0 bridgehead atoms. The molecular formula is C29H27F2N3O2. The standard InChI is InChI=1S/C29H27F2N3O2/c1-29(2)15-23-27(25(35)16-29)28(18-7-9-19(30)10-8-18)34(24-6-4-3-5-22(24)33-23)17-26(36)32-21-13-11-20(31)12-14-21/h3-14,28,33H,15-17H2,1-2H3,(H,32,36). The van der Waals surface area contributed by atoms with E-state index in [2.05, 4.69) is 24.5 Å². The molecule has 1 heterocycles. The first-order chi connectivity index (χ1) is 17.2. The van der Waals surface area contributed by atoms with E-state index in [1.54, 1.807) is 12.1 Å². The number of para-hydroxylation sites is 2. The molecule has 1 atom stereocenters. The Labute approximate surface area is 208 Å². The number of allylic oxidation sites excluding steroid dienone is 1. The molecule has 36 heavy (non-hydrogen) atoms. The lowest BCUT2D eigenvalue weighted by atomic mass is 9.73. The van der Waals surface area contributed by atoms with Gasteiger partial charge in [-0.1, -0.05) is 38.1 Å². The van der Waals surface area contributed by atoms with Crippen molar-refractivity contribution in [3.05, 3.63) is 101 Å². The van der Waals surface area contributed by atoms with Crippen LogP contribution in [0.4, 0.5) is 25.8 Å². The highest BCUT2D eigenvalue weighted by Crippen LogP contribution is 2.48. The second-order valence-electron chi connectivity index (χ2n) is 10.1. The highest BCUT2D eigenvalue weighted by molar-refractivity contribution is 6.02. The fourth-order valence-electron chi connectivity index (χ4n) is 5.11. The molecule has 1 aliphatic heterocycles. The first-order valence-electron chi connectivity index (χ1n) is 11.9. The van der Waals surface area contributed by atoms with E-state index in [-0.39, 0.29) is 29.5 Å². The number of nitrogens with one attached hydrogen (secondary N) is 2. The third kappa shape index (κ3) is 4.73. The van der Waals surface area contributed by atoms with Gasteiger partial charge in [0.2, 0.25) is 5.91 Å². The monoisotopic (exact) mass is 487 g/mol. The average molecular weight is 488 g/mol. The molecule has 7 heteroatoms. The van der Waals surface area contributed by atoms with Gasteiger partial charge in [-0.05, 0) is 65.9 Å². The number of halogens is 2. The summed E-state index contributed by atoms with van der Waals surface area (Å²) in [5.41, 5.74) is 3.91. The van der Waals surface area contributed by atoms with Crippen LogP contribution in [0.2, 0.25) is 0 Å². The zero-order chi connectivity index (χ0) is 25.4. The summed E-state index contributed by atoms with van der Waals surface area (Å²) < 4.78 is 27.2. The van der Waals surface area contributed by atoms with E-state index in [0.29, 0.717) is 29.7 Å². The van der Waals surface area contributed by atoms with Crippen LogP contribution in [0.5, 0.6) is 0 Å². The zero-order valence-electron chi connectivity index (χ0n) is 20.1. The van der Waals surface area contributed by atoms with Crippen molar-refractivity contribution in [2.45, 2.75) is 32.7 Å². The maximum atomic E-state index is 13.9. The molecule has 1 amide bonds. The lowest BCUT2D eigenvalue weighted by Gasteiger charge is -2.37. The molecule has 3 aromatic rings. The Kier molecular flexibility index (Phi) is 6.08. The molecule has 184 valence electrons. The maximum absolute atomic E-state index is 13.9. The molecule has 0 spiro atoms. The molecule has 2 N–H and O–H groups in total. The molecule has 1 aliphatic carbocycles. The predicted molar refractivity (Wildman–Crippen MR) is 137 cm³/mol. The Morgan fingerprint density at radius 1 is 0.972 bits per heavy atom. The summed E-state index contributed by atoms with van der Waals surface area (Å²) in [5, 5.41) is 6.30. The lowest BCUT2D eigenvalue weighted by Crippen LogP contribution is -2.40. The third-order valence-electron chi connectivity index (χ3n) is 6.63. The van der Waals surface area contributed by atoms with Crippen molar-refractivity contribution in [2.24, 2.45) is 5.41 Å². The quantitative estimate of drug-likeness (QED) is 0.459. The zero-order valence-corrected chi connectivity index (χ0v) is 20.1. The van der Waals surface area contributed by atoms with Gasteiger partial charge in [0.05, 0.1) is 24.0 Å². The number of ketones is 1. The molecule has 0 saturated carbocycles. The largest absolute Gasteiger partial charge is 0.357 e. The van der Waals surface area contributed by atoms with Gasteiger partial charge in [0.25, 0.3) is 0 Å². The number of carbonyl (C=O) groups is 2. The van der Waals surface area contributed by atoms with E-state index >= 15 is 0 Å². The van der Waals surface area contributed by atoms with Gasteiger partial charge in [0.1, 0.15) is 11.6 Å². The number of hydrogen-bond donors (Lipinski definition) is 2. The fourth-order valence-corrected chi connectivity index (χ4v) is 5.11. The number of fused-ring (bicyclic) bond motifs is 1. The van der Waals surface area contributed by atoms with Crippen LogP contribution in [0.1, 0.15) is 38.3 Å². The topological polar surface area (TPSA) is 61.4 Å². The van der Waals surface area contributed by atoms with Crippen molar-refractivity contribution in [1.29, 1.82) is 0 Å². The van der Waals surface area contributed by atoms with E-state index in [4.69, 9.17) is 0 Å². The summed E-state index contributed by atoms with van der Waals surface area (Å²) in [6, 6.07) is 18.6. The number of Topliss-reactive ketones (excluding diaryl/α,β-unsaturated/α-hetero) is 1. The number of benzene rings is 3. The van der Waals surface area contributed by atoms with Gasteiger partial charge >= 0.3 is 0 Å². The maximum Gasteiger partial charge on any atom is 0.243 e. The predicted octanol–water partition coefficient (Wildman–Crippen LogP) is 6.22. The van der Waals surface area contributed by atoms with Crippen molar-refractivity contribution in [2.75, 3.05) is 22.1 Å². The SMILES string of the molecule is CC1(C)CC(=O)C2=C(C1)Nc1ccccc1N(CC(=O)Nc1ccc(F)cc1)C2c1ccc(F)cc1. The summed E-state index contributed by atoms with van der Waals surface area (Å²) in [6.07, 6.45) is 1.03. The molecule has 0 radical (unpaired) electrons. The van der Waals surface area contributed by atoms with Crippen LogP contribution >= 0.6 is 0 Å². The third-order valence-corrected chi connectivity index (χ3v) is 6.63. The van der Waals surface area contributed by atoms with Crippen LogP contribution in [0, 0.1) is 17.0 Å². The number of carbonyl (C=O) groups excluding carboxylic acids is 2. The van der Waals surface area contributed by atoms with E-state index in [9.17, 15) is 18.4 Å². The highest BCUT2D eigenvalue weighted by atomic mass is 19.1. The van der Waals surface area contributed by atoms with Crippen LogP contribution in [-0.2, 0) is 9.59 Å². The molecule has 2 aliphatic rings. The summed E-state index contributed by atoms with van der Waals surface area (Å²) in [4.78, 5) is 28.7. The van der Waals surface area contributed by atoms with Gasteiger partial charge in [-0.3, -0.25) is 9.59 Å². The number of amides is 1. The molecule has 5 rings (SSSR count). The minimum Gasteiger partial charge on any atom is -0.357 e. The summed E-state index contributed by atoms with van der Waals surface area (Å²) >= 11 is 0. The number of hydrogen-bond acceptors (Lipinski definition) is 4. The van der Waals surface area contributed by atoms with Crippen LogP contribution in [0.25, 0.3) is 0 Å². The fraction of sp³-hybridized carbons (Fsp3) is 0.241. The number of rotatable bonds is 4. The van der Waals surface area contributed by atoms with E-state index in [1.807, 2.05) is 29.2 Å². The minimum absolute atomic E-state index is 0.000163. The van der Waals surface area contributed by atoms with Crippen LogP contribution < -0.4 is 15.5 Å². The van der Waals surface area contributed by atoms with Gasteiger partial charge in [-0.2, -0.15) is 0 Å². The molecule has 0 saturated heterocycles. The Morgan fingerprint density at radius 3 is 2.31 bits per heavy atom. The van der Waals surface area contributed by atoms with Gasteiger partial charge in [0.15, 0.2) is 5.78 Å². The van der Waals surface area contributed by atoms with Crippen molar-refractivity contribution >= 4 is 28.8 Å². The van der Waals surface area contributed by atoms with Crippen molar-refractivity contribution in [3.8, 4) is 0 Å². The Balaban J connectivity index is 1.62. The molecule has 5 nitrogen and oxygen atoms in total. The molecule has 1 unspecified atom stereocenters. The average Bonchev–Trinajstić information content (AvgIpc) is 2.95. The summed E-state index contributed by atoms with van der Waals surface area (Å²) in [6.45, 7) is 4.05. The Bertz CT molecular complexity index is 1350. The Hall–Kier alpha value is -4.00. The van der Waals surface area contributed by atoms with Gasteiger partial charge in [0, 0.05) is 23.4 Å². The lowest BCUT2D eigenvalue weighted by molar-refractivity contribution is -0.119. The second kappa shape index (κ2) is 9.22. The van der Waals surface area contributed by atoms with Crippen LogP contribution in [0.3, 0.4) is 0 Å². The van der Waals surface area contributed by atoms with E-state index in [0.717, 1.165) is 17.1 Å². The van der Waals surface area contributed by atoms with Crippen LogP contribution in [-0.4, -0.2) is 18.2 Å². The second-order valence-corrected chi connectivity index (χ2v) is 10.1. The smallest absolute Gasteiger partial charge is 0.243 e. The number of anilines is 3. The first-order valence-corrected chi connectivity index (χ1v) is 11.9. The molecule has 0 aromatic heterocycles. The molecule has 3 aromatic carbocycles.